The van der Waals surface area contributed by atoms with Gasteiger partial charge in [-0.2, -0.15) is 0 Å². The Balaban J connectivity index is 1.74. The summed E-state index contributed by atoms with van der Waals surface area (Å²) in [5.41, 5.74) is 1.94. The smallest absolute Gasteiger partial charge is 0.321 e. The van der Waals surface area contributed by atoms with Crippen LogP contribution in [0.15, 0.2) is 48.5 Å². The molecule has 0 unspecified atom stereocenters. The summed E-state index contributed by atoms with van der Waals surface area (Å²) < 4.78 is 5.07. The van der Waals surface area contributed by atoms with Gasteiger partial charge in [0, 0.05) is 30.0 Å². The number of amides is 3. The number of carbonyl (C=O) groups is 2. The number of hydrogen-bond acceptors (Lipinski definition) is 3. The van der Waals surface area contributed by atoms with Gasteiger partial charge in [-0.1, -0.05) is 6.07 Å². The van der Waals surface area contributed by atoms with Gasteiger partial charge in [0.2, 0.25) is 0 Å². The third kappa shape index (κ3) is 3.26. The average Bonchev–Trinajstić information content (AvgIpc) is 3.01. The molecule has 3 rings (SSSR count). The number of rotatable bonds is 4. The largest absolute Gasteiger partial charge is 0.497 e. The number of urea groups is 1. The topological polar surface area (TPSA) is 70.7 Å². The molecule has 118 valence electrons. The number of ether oxygens (including phenoxy) is 1. The normalized spacial score (nSPS) is 13.6. The van der Waals surface area contributed by atoms with Crippen LogP contribution in [-0.4, -0.2) is 32.1 Å². The molecule has 1 saturated heterocycles. The first-order chi connectivity index (χ1) is 11.2. The highest BCUT2D eigenvalue weighted by molar-refractivity contribution is 6.05. The number of nitrogens with one attached hydrogen (secondary N) is 2. The molecule has 1 fully saturated rings. The van der Waals surface area contributed by atoms with Crippen molar-refractivity contribution in [3.8, 4) is 5.75 Å². The van der Waals surface area contributed by atoms with Gasteiger partial charge in [0.05, 0.1) is 7.11 Å². The summed E-state index contributed by atoms with van der Waals surface area (Å²) in [5, 5.41) is 5.59. The maximum absolute atomic E-state index is 12.3. The predicted octanol–water partition coefficient (Wildman–Crippen LogP) is 2.48. The lowest BCUT2D eigenvalue weighted by atomic mass is 10.2. The first kappa shape index (κ1) is 14.9. The van der Waals surface area contributed by atoms with Crippen molar-refractivity contribution in [1.29, 1.82) is 0 Å². The van der Waals surface area contributed by atoms with E-state index in [0.29, 0.717) is 30.1 Å². The van der Waals surface area contributed by atoms with Gasteiger partial charge in [-0.15, -0.1) is 0 Å². The van der Waals surface area contributed by atoms with Crippen LogP contribution in [0.3, 0.4) is 0 Å². The quantitative estimate of drug-likeness (QED) is 0.911. The number of anilines is 2. The molecule has 1 heterocycles. The van der Waals surface area contributed by atoms with Gasteiger partial charge >= 0.3 is 6.03 Å². The first-order valence-corrected chi connectivity index (χ1v) is 7.28. The highest BCUT2D eigenvalue weighted by atomic mass is 16.5. The van der Waals surface area contributed by atoms with Crippen LogP contribution in [0.25, 0.3) is 0 Å². The van der Waals surface area contributed by atoms with Crippen molar-refractivity contribution < 1.29 is 14.3 Å². The van der Waals surface area contributed by atoms with Crippen molar-refractivity contribution in [1.82, 2.24) is 5.32 Å². The molecule has 0 atom stereocenters. The monoisotopic (exact) mass is 311 g/mol. The van der Waals surface area contributed by atoms with Gasteiger partial charge in [-0.25, -0.2) is 4.79 Å². The standard InChI is InChI=1S/C17H17N3O3/c1-23-15-7-5-12(6-8-15)16(21)19-13-3-2-4-14(11-13)20-10-9-18-17(20)22/h2-8,11H,9-10H2,1H3,(H,18,22)(H,19,21). The second kappa shape index (κ2) is 6.39. The van der Waals surface area contributed by atoms with E-state index in [4.69, 9.17) is 4.74 Å². The summed E-state index contributed by atoms with van der Waals surface area (Å²) >= 11 is 0. The van der Waals surface area contributed by atoms with E-state index in [9.17, 15) is 9.59 Å². The fourth-order valence-corrected chi connectivity index (χ4v) is 2.42. The highest BCUT2D eigenvalue weighted by Crippen LogP contribution is 2.21. The minimum atomic E-state index is -0.212. The third-order valence-corrected chi connectivity index (χ3v) is 3.62. The molecule has 0 saturated carbocycles. The van der Waals surface area contributed by atoms with Gasteiger partial charge in [0.1, 0.15) is 5.75 Å². The van der Waals surface area contributed by atoms with E-state index >= 15 is 0 Å². The molecule has 6 heteroatoms. The lowest BCUT2D eigenvalue weighted by Gasteiger charge is -2.15. The van der Waals surface area contributed by atoms with Gasteiger partial charge in [0.15, 0.2) is 0 Å². The summed E-state index contributed by atoms with van der Waals surface area (Å²) in [7, 11) is 1.58. The van der Waals surface area contributed by atoms with E-state index in [2.05, 4.69) is 10.6 Å². The first-order valence-electron chi connectivity index (χ1n) is 7.28. The van der Waals surface area contributed by atoms with Crippen molar-refractivity contribution in [2.24, 2.45) is 0 Å². The van der Waals surface area contributed by atoms with Crippen LogP contribution in [0.4, 0.5) is 16.2 Å². The fourth-order valence-electron chi connectivity index (χ4n) is 2.42. The average molecular weight is 311 g/mol. The zero-order valence-corrected chi connectivity index (χ0v) is 12.7. The van der Waals surface area contributed by atoms with Gasteiger partial charge in [-0.05, 0) is 42.5 Å². The molecule has 0 aromatic heterocycles. The molecule has 2 N–H and O–H groups in total. The number of carbonyl (C=O) groups excluding carboxylic acids is 2. The van der Waals surface area contributed by atoms with Crippen LogP contribution in [0.5, 0.6) is 5.75 Å². The Kier molecular flexibility index (Phi) is 4.14. The Hall–Kier alpha value is -3.02. The van der Waals surface area contributed by atoms with E-state index in [1.54, 1.807) is 48.4 Å². The van der Waals surface area contributed by atoms with Gasteiger partial charge in [0.25, 0.3) is 5.91 Å². The molecule has 6 nitrogen and oxygen atoms in total. The van der Waals surface area contributed by atoms with Gasteiger partial charge in [-0.3, -0.25) is 9.69 Å². The second-order valence-corrected chi connectivity index (χ2v) is 5.12. The second-order valence-electron chi connectivity index (χ2n) is 5.12. The number of hydrogen-bond donors (Lipinski definition) is 2. The Morgan fingerprint density at radius 1 is 1.22 bits per heavy atom. The maximum atomic E-state index is 12.3. The van der Waals surface area contributed by atoms with Crippen LogP contribution >= 0.6 is 0 Å². The molecule has 3 amide bonds. The molecule has 23 heavy (non-hydrogen) atoms. The molecule has 1 aliphatic heterocycles. The molecule has 1 aliphatic rings. The Bertz CT molecular complexity index is 728. The fraction of sp³-hybridized carbons (Fsp3) is 0.176. The van der Waals surface area contributed by atoms with Crippen molar-refractivity contribution >= 4 is 23.3 Å². The minimum Gasteiger partial charge on any atom is -0.497 e. The summed E-state index contributed by atoms with van der Waals surface area (Å²) in [6.45, 7) is 1.25. The van der Waals surface area contributed by atoms with Crippen molar-refractivity contribution in [3.63, 3.8) is 0 Å². The third-order valence-electron chi connectivity index (χ3n) is 3.62. The van der Waals surface area contributed by atoms with E-state index in [1.165, 1.54) is 0 Å². The van der Waals surface area contributed by atoms with E-state index < -0.39 is 0 Å². The highest BCUT2D eigenvalue weighted by Gasteiger charge is 2.21. The summed E-state index contributed by atoms with van der Waals surface area (Å²) in [5.74, 6) is 0.485. The molecule has 0 bridgehead atoms. The van der Waals surface area contributed by atoms with Crippen LogP contribution in [0.2, 0.25) is 0 Å². The van der Waals surface area contributed by atoms with E-state index in [0.717, 1.165) is 5.69 Å². The Morgan fingerprint density at radius 2 is 2.00 bits per heavy atom. The summed E-state index contributed by atoms with van der Waals surface area (Å²) in [6, 6.07) is 14.0. The van der Waals surface area contributed by atoms with E-state index in [-0.39, 0.29) is 11.9 Å². The SMILES string of the molecule is COc1ccc(C(=O)Nc2cccc(N3CCNC3=O)c2)cc1. The Labute approximate surface area is 134 Å². The molecule has 0 radical (unpaired) electrons. The lowest BCUT2D eigenvalue weighted by molar-refractivity contribution is 0.102. The predicted molar refractivity (Wildman–Crippen MR) is 88.1 cm³/mol. The van der Waals surface area contributed by atoms with Crippen molar-refractivity contribution in [2.75, 3.05) is 30.4 Å². The van der Waals surface area contributed by atoms with Gasteiger partial charge < -0.3 is 15.4 Å². The van der Waals surface area contributed by atoms with Crippen LogP contribution in [0.1, 0.15) is 10.4 Å². The van der Waals surface area contributed by atoms with Crippen LogP contribution < -0.4 is 20.3 Å². The van der Waals surface area contributed by atoms with Crippen LogP contribution in [-0.2, 0) is 0 Å². The number of nitrogens with zero attached hydrogens (tertiary/aromatic N) is 1. The molecular weight excluding hydrogens is 294 g/mol. The van der Waals surface area contributed by atoms with E-state index in [1.807, 2.05) is 12.1 Å². The van der Waals surface area contributed by atoms with Crippen molar-refractivity contribution in [3.05, 3.63) is 54.1 Å². The summed E-state index contributed by atoms with van der Waals surface area (Å²) in [6.07, 6.45) is 0. The zero-order valence-electron chi connectivity index (χ0n) is 12.7. The summed E-state index contributed by atoms with van der Waals surface area (Å²) in [4.78, 5) is 25.6. The molecule has 0 aliphatic carbocycles. The molecular formula is C17H17N3O3. The molecule has 2 aromatic rings. The zero-order chi connectivity index (χ0) is 16.2. The number of benzene rings is 2. The van der Waals surface area contributed by atoms with Crippen molar-refractivity contribution in [2.45, 2.75) is 0 Å². The lowest BCUT2D eigenvalue weighted by Crippen LogP contribution is -2.27. The molecule has 0 spiro atoms. The molecule has 2 aromatic carbocycles. The Morgan fingerprint density at radius 3 is 2.65 bits per heavy atom. The minimum absolute atomic E-state index is 0.122. The van der Waals surface area contributed by atoms with Crippen LogP contribution in [0, 0.1) is 0 Å². The number of methoxy groups -OCH3 is 1. The maximum Gasteiger partial charge on any atom is 0.321 e.